The molecule has 1 aromatic heterocycles. The van der Waals surface area contributed by atoms with Crippen molar-refractivity contribution in [3.8, 4) is 11.1 Å². The van der Waals surface area contributed by atoms with Crippen LogP contribution in [0.2, 0.25) is 0 Å². The lowest BCUT2D eigenvalue weighted by Crippen LogP contribution is -2.45. The van der Waals surface area contributed by atoms with Gasteiger partial charge < -0.3 is 15.0 Å². The van der Waals surface area contributed by atoms with Gasteiger partial charge in [0.1, 0.15) is 23.4 Å². The van der Waals surface area contributed by atoms with Crippen molar-refractivity contribution in [3.05, 3.63) is 41.7 Å². The third-order valence-corrected chi connectivity index (χ3v) is 4.76. The Morgan fingerprint density at radius 1 is 1.30 bits per heavy atom. The molecule has 0 aliphatic carbocycles. The van der Waals surface area contributed by atoms with E-state index in [0.29, 0.717) is 11.3 Å². The average Bonchev–Trinajstić information content (AvgIpc) is 3.00. The number of alkyl halides is 1. The van der Waals surface area contributed by atoms with Gasteiger partial charge in [0.25, 0.3) is 0 Å². The first kappa shape index (κ1) is 21.9. The van der Waals surface area contributed by atoms with E-state index in [-0.39, 0.29) is 31.0 Å². The molecule has 0 bridgehead atoms. The minimum Gasteiger partial charge on any atom is -0.444 e. The van der Waals surface area contributed by atoms with Gasteiger partial charge in [0.05, 0.1) is 11.7 Å². The molecule has 1 saturated heterocycles. The summed E-state index contributed by atoms with van der Waals surface area (Å²) >= 11 is 0. The molecule has 30 heavy (non-hydrogen) atoms. The number of likely N-dealkylation sites (tertiary alicyclic amines) is 1. The molecular formula is C21H25F3N4O2. The first-order valence-corrected chi connectivity index (χ1v) is 9.72. The van der Waals surface area contributed by atoms with Gasteiger partial charge in [-0.15, -0.1) is 0 Å². The number of ether oxygens (including phenoxy) is 1. The van der Waals surface area contributed by atoms with E-state index in [2.05, 4.69) is 15.3 Å². The van der Waals surface area contributed by atoms with Crippen molar-refractivity contribution in [1.82, 2.24) is 14.9 Å². The van der Waals surface area contributed by atoms with Crippen LogP contribution in [0, 0.1) is 18.6 Å². The Kier molecular flexibility index (Phi) is 6.19. The normalized spacial score (nSPS) is 19.1. The molecule has 1 fully saturated rings. The Morgan fingerprint density at radius 2 is 2.03 bits per heavy atom. The first-order chi connectivity index (χ1) is 14.0. The van der Waals surface area contributed by atoms with Gasteiger partial charge in [0.15, 0.2) is 0 Å². The largest absolute Gasteiger partial charge is 0.444 e. The summed E-state index contributed by atoms with van der Waals surface area (Å²) in [7, 11) is 0. The number of carbonyl (C=O) groups excluding carboxylic acids is 1. The van der Waals surface area contributed by atoms with E-state index in [1.807, 2.05) is 0 Å². The maximum absolute atomic E-state index is 14.4. The van der Waals surface area contributed by atoms with E-state index in [0.717, 1.165) is 12.1 Å². The van der Waals surface area contributed by atoms with Crippen LogP contribution in [-0.4, -0.2) is 51.9 Å². The summed E-state index contributed by atoms with van der Waals surface area (Å²) in [6, 6.07) is 2.58. The maximum Gasteiger partial charge on any atom is 0.410 e. The summed E-state index contributed by atoms with van der Waals surface area (Å²) in [6.45, 7) is 7.30. The fourth-order valence-electron chi connectivity index (χ4n) is 3.32. The molecule has 2 heterocycles. The Hall–Kier alpha value is -2.84. The average molecular weight is 422 g/mol. The number of anilines is 1. The van der Waals surface area contributed by atoms with Gasteiger partial charge in [-0.2, -0.15) is 0 Å². The Bertz CT molecular complexity index is 933. The lowest BCUT2D eigenvalue weighted by molar-refractivity contribution is 0.0208. The summed E-state index contributed by atoms with van der Waals surface area (Å²) in [5, 5.41) is 2.94. The number of hydrogen-bond acceptors (Lipinski definition) is 5. The molecular weight excluding hydrogens is 397 g/mol. The third kappa shape index (κ3) is 5.01. The quantitative estimate of drug-likeness (QED) is 0.786. The molecule has 1 aliphatic heterocycles. The van der Waals surface area contributed by atoms with Crippen molar-refractivity contribution in [3.63, 3.8) is 0 Å². The predicted molar refractivity (Wildman–Crippen MR) is 107 cm³/mol. The molecule has 6 nitrogen and oxygen atoms in total. The molecule has 2 unspecified atom stereocenters. The van der Waals surface area contributed by atoms with Crippen LogP contribution >= 0.6 is 0 Å². The van der Waals surface area contributed by atoms with Crippen LogP contribution < -0.4 is 5.32 Å². The molecule has 0 radical (unpaired) electrons. The molecule has 9 heteroatoms. The minimum atomic E-state index is -1.20. The van der Waals surface area contributed by atoms with Crippen molar-refractivity contribution < 1.29 is 22.7 Å². The molecule has 0 spiro atoms. The van der Waals surface area contributed by atoms with Crippen molar-refractivity contribution >= 4 is 12.0 Å². The summed E-state index contributed by atoms with van der Waals surface area (Å²) in [4.78, 5) is 22.2. The van der Waals surface area contributed by atoms with Crippen LogP contribution in [-0.2, 0) is 4.74 Å². The molecule has 2 aromatic rings. The lowest BCUT2D eigenvalue weighted by Gasteiger charge is -2.29. The van der Waals surface area contributed by atoms with Crippen LogP contribution in [0.5, 0.6) is 0 Å². The van der Waals surface area contributed by atoms with Gasteiger partial charge in [-0.3, -0.25) is 0 Å². The summed E-state index contributed by atoms with van der Waals surface area (Å²) < 4.78 is 46.9. The van der Waals surface area contributed by atoms with Gasteiger partial charge in [0, 0.05) is 36.5 Å². The van der Waals surface area contributed by atoms with Gasteiger partial charge in [-0.1, -0.05) is 0 Å². The number of amides is 1. The Balaban J connectivity index is 1.70. The van der Waals surface area contributed by atoms with Gasteiger partial charge in [-0.25, -0.2) is 27.9 Å². The number of halogens is 3. The number of aromatic nitrogens is 2. The van der Waals surface area contributed by atoms with Crippen molar-refractivity contribution in [2.45, 2.75) is 51.9 Å². The highest BCUT2D eigenvalue weighted by molar-refractivity contribution is 5.69. The monoisotopic (exact) mass is 422 g/mol. The van der Waals surface area contributed by atoms with E-state index >= 15 is 0 Å². The van der Waals surface area contributed by atoms with Crippen molar-refractivity contribution in [2.75, 3.05) is 18.4 Å². The number of nitrogens with one attached hydrogen (secondary N) is 1. The number of nitrogens with zero attached hydrogens (tertiary/aromatic N) is 3. The standard InChI is InChI=1S/C21H25F3N4O2/c1-12-15(14-6-5-13(22)9-17(14)24)10-25-19(27-12)26-11-18-16(23)7-8-28(18)20(29)30-21(2,3)4/h5-6,9-10,16,18H,7-8,11H2,1-4H3,(H,25,26,27). The van der Waals surface area contributed by atoms with E-state index < -0.39 is 35.5 Å². The lowest BCUT2D eigenvalue weighted by atomic mass is 10.1. The maximum atomic E-state index is 14.4. The molecule has 0 saturated carbocycles. The second-order valence-electron chi connectivity index (χ2n) is 8.24. The zero-order valence-corrected chi connectivity index (χ0v) is 17.4. The SMILES string of the molecule is Cc1nc(NCC2C(F)CCN2C(=O)OC(C)(C)C)ncc1-c1ccc(F)cc1F. The molecule has 1 N–H and O–H groups in total. The fourth-order valence-corrected chi connectivity index (χ4v) is 3.32. The Morgan fingerprint density at radius 3 is 2.67 bits per heavy atom. The summed E-state index contributed by atoms with van der Waals surface area (Å²) in [6.07, 6.45) is -0.102. The topological polar surface area (TPSA) is 67.4 Å². The highest BCUT2D eigenvalue weighted by atomic mass is 19.1. The van der Waals surface area contributed by atoms with Crippen LogP contribution in [0.25, 0.3) is 11.1 Å². The summed E-state index contributed by atoms with van der Waals surface area (Å²) in [5.74, 6) is -1.15. The predicted octanol–water partition coefficient (Wildman–Crippen LogP) is 4.49. The highest BCUT2D eigenvalue weighted by Crippen LogP contribution is 2.27. The first-order valence-electron chi connectivity index (χ1n) is 9.72. The zero-order valence-electron chi connectivity index (χ0n) is 17.4. The van der Waals surface area contributed by atoms with Crippen LogP contribution in [0.3, 0.4) is 0 Å². The van der Waals surface area contributed by atoms with E-state index in [4.69, 9.17) is 4.74 Å². The Labute approximate surface area is 173 Å². The van der Waals surface area contributed by atoms with Crippen LogP contribution in [0.1, 0.15) is 32.9 Å². The molecule has 2 atom stereocenters. The summed E-state index contributed by atoms with van der Waals surface area (Å²) in [5.41, 5.74) is 0.425. The van der Waals surface area contributed by atoms with Crippen LogP contribution in [0.15, 0.2) is 24.4 Å². The van der Waals surface area contributed by atoms with E-state index in [9.17, 15) is 18.0 Å². The van der Waals surface area contributed by atoms with E-state index in [1.165, 1.54) is 17.2 Å². The number of hydrogen-bond donors (Lipinski definition) is 1. The second kappa shape index (κ2) is 8.49. The number of aryl methyl sites for hydroxylation is 1. The number of carbonyl (C=O) groups is 1. The van der Waals surface area contributed by atoms with Crippen molar-refractivity contribution in [2.24, 2.45) is 0 Å². The van der Waals surface area contributed by atoms with Crippen molar-refractivity contribution in [1.29, 1.82) is 0 Å². The van der Waals surface area contributed by atoms with Gasteiger partial charge in [0.2, 0.25) is 5.95 Å². The highest BCUT2D eigenvalue weighted by Gasteiger charge is 2.39. The smallest absolute Gasteiger partial charge is 0.410 e. The molecule has 1 amide bonds. The molecule has 1 aromatic carbocycles. The van der Waals surface area contributed by atoms with Gasteiger partial charge >= 0.3 is 6.09 Å². The second-order valence-corrected chi connectivity index (χ2v) is 8.24. The molecule has 162 valence electrons. The van der Waals surface area contributed by atoms with Crippen LogP contribution in [0.4, 0.5) is 23.9 Å². The molecule has 1 aliphatic rings. The van der Waals surface area contributed by atoms with Gasteiger partial charge in [-0.05, 0) is 46.2 Å². The fraction of sp³-hybridized carbons (Fsp3) is 0.476. The third-order valence-electron chi connectivity index (χ3n) is 4.76. The molecule has 3 rings (SSSR count). The zero-order chi connectivity index (χ0) is 22.1. The number of rotatable bonds is 4. The number of benzene rings is 1. The van der Waals surface area contributed by atoms with E-state index in [1.54, 1.807) is 27.7 Å². The minimum absolute atomic E-state index is 0.101.